The predicted molar refractivity (Wildman–Crippen MR) is 74.8 cm³/mol. The average Bonchev–Trinajstić information content (AvgIpc) is 2.78. The summed E-state index contributed by atoms with van der Waals surface area (Å²) in [6.07, 6.45) is 3.47. The normalized spacial score (nSPS) is 17.9. The summed E-state index contributed by atoms with van der Waals surface area (Å²) in [4.78, 5) is 22.4. The van der Waals surface area contributed by atoms with E-state index >= 15 is 0 Å². The molecule has 0 saturated carbocycles. The fourth-order valence-electron chi connectivity index (χ4n) is 2.37. The van der Waals surface area contributed by atoms with Crippen molar-refractivity contribution in [3.63, 3.8) is 0 Å². The van der Waals surface area contributed by atoms with Crippen LogP contribution in [0, 0.1) is 6.92 Å². The van der Waals surface area contributed by atoms with Crippen LogP contribution in [-0.4, -0.2) is 32.7 Å². The Morgan fingerprint density at radius 2 is 2.10 bits per heavy atom. The van der Waals surface area contributed by atoms with Gasteiger partial charge in [0.05, 0.1) is 11.9 Å². The molecule has 20 heavy (non-hydrogen) atoms. The molecular formula is C12H13ClN6O. The predicted octanol–water partition coefficient (Wildman–Crippen LogP) is 1.30. The van der Waals surface area contributed by atoms with Crippen LogP contribution in [0.25, 0.3) is 0 Å². The van der Waals surface area contributed by atoms with Gasteiger partial charge in [0.25, 0.3) is 5.91 Å². The maximum absolute atomic E-state index is 12.3. The first-order valence-electron chi connectivity index (χ1n) is 6.03. The Morgan fingerprint density at radius 1 is 1.35 bits per heavy atom. The number of carbonyl (C=O) groups is 1. The van der Waals surface area contributed by atoms with Gasteiger partial charge < -0.3 is 10.2 Å². The molecule has 104 valence electrons. The quantitative estimate of drug-likeness (QED) is 0.802. The Kier molecular flexibility index (Phi) is 2.86. The Morgan fingerprint density at radius 3 is 2.75 bits per heavy atom. The van der Waals surface area contributed by atoms with Crippen molar-refractivity contribution in [3.05, 3.63) is 28.9 Å². The molecule has 7 nitrogen and oxygen atoms in total. The lowest BCUT2D eigenvalue weighted by molar-refractivity contribution is -0.117. The van der Waals surface area contributed by atoms with Gasteiger partial charge in [-0.05, 0) is 18.5 Å². The number of likely N-dealkylation sites (N-methyl/N-ethyl adjacent to an activating group) is 1. The fraction of sp³-hybridized carbons (Fsp3) is 0.333. The lowest BCUT2D eigenvalue weighted by Gasteiger charge is -2.34. The largest absolute Gasteiger partial charge is 0.342 e. The molecule has 1 amide bonds. The molecule has 1 aliphatic heterocycles. The van der Waals surface area contributed by atoms with Crippen LogP contribution in [0.15, 0.2) is 12.4 Å². The molecule has 0 spiro atoms. The molecule has 1 unspecified atom stereocenters. The number of nitrogens with zero attached hydrogens (tertiary/aromatic N) is 5. The van der Waals surface area contributed by atoms with E-state index in [4.69, 9.17) is 11.6 Å². The molecule has 2 aromatic rings. The molecule has 0 saturated heterocycles. The minimum Gasteiger partial charge on any atom is -0.342 e. The van der Waals surface area contributed by atoms with E-state index in [1.807, 2.05) is 0 Å². The van der Waals surface area contributed by atoms with Crippen LogP contribution < -0.4 is 10.2 Å². The van der Waals surface area contributed by atoms with E-state index in [1.165, 1.54) is 0 Å². The number of hydrogen-bond donors (Lipinski definition) is 1. The van der Waals surface area contributed by atoms with E-state index in [1.54, 1.807) is 43.0 Å². The van der Waals surface area contributed by atoms with Crippen molar-refractivity contribution >= 4 is 29.0 Å². The summed E-state index contributed by atoms with van der Waals surface area (Å²) < 4.78 is 1.66. The topological polar surface area (TPSA) is 75.9 Å². The van der Waals surface area contributed by atoms with E-state index < -0.39 is 6.04 Å². The van der Waals surface area contributed by atoms with Crippen molar-refractivity contribution in [2.75, 3.05) is 17.3 Å². The molecule has 2 aromatic heterocycles. The summed E-state index contributed by atoms with van der Waals surface area (Å²) in [5, 5.41) is 7.11. The molecule has 0 aromatic carbocycles. The molecule has 1 N–H and O–H groups in total. The van der Waals surface area contributed by atoms with Gasteiger partial charge in [-0.25, -0.2) is 4.98 Å². The molecule has 1 atom stereocenters. The van der Waals surface area contributed by atoms with Crippen molar-refractivity contribution < 1.29 is 4.79 Å². The van der Waals surface area contributed by atoms with Crippen LogP contribution in [0.4, 0.5) is 11.5 Å². The molecule has 0 bridgehead atoms. The van der Waals surface area contributed by atoms with Gasteiger partial charge in [-0.1, -0.05) is 0 Å². The number of amides is 1. The Labute approximate surface area is 120 Å². The van der Waals surface area contributed by atoms with Crippen LogP contribution in [-0.2, 0) is 11.8 Å². The average molecular weight is 293 g/mol. The molecule has 0 fully saturated rings. The van der Waals surface area contributed by atoms with E-state index in [-0.39, 0.29) is 11.2 Å². The number of halogens is 1. The molecule has 3 rings (SSSR count). The van der Waals surface area contributed by atoms with Gasteiger partial charge in [-0.15, -0.1) is 0 Å². The highest BCUT2D eigenvalue weighted by Gasteiger charge is 2.35. The lowest BCUT2D eigenvalue weighted by atomic mass is 10.1. The number of anilines is 2. The van der Waals surface area contributed by atoms with Crippen LogP contribution in [0.5, 0.6) is 0 Å². The number of nitrogens with one attached hydrogen (secondary N) is 1. The highest BCUT2D eigenvalue weighted by atomic mass is 35.5. The first-order valence-corrected chi connectivity index (χ1v) is 6.41. The van der Waals surface area contributed by atoms with E-state index in [9.17, 15) is 4.79 Å². The van der Waals surface area contributed by atoms with Gasteiger partial charge >= 0.3 is 0 Å². The third-order valence-electron chi connectivity index (χ3n) is 3.30. The number of hydrogen-bond acceptors (Lipinski definition) is 5. The standard InChI is InChI=1S/C12H13ClN6O/c1-6-8-10(17-12(13)15-6)19(3)9(11(20)16-8)7-4-14-18(2)5-7/h4-5,9H,1-3H3,(H,16,20). The maximum atomic E-state index is 12.3. The minimum atomic E-state index is -0.485. The SMILES string of the molecule is Cc1nc(Cl)nc2c1NC(=O)C(c1cnn(C)c1)N2C. The van der Waals surface area contributed by atoms with Gasteiger partial charge in [0, 0.05) is 25.9 Å². The molecule has 8 heteroatoms. The summed E-state index contributed by atoms with van der Waals surface area (Å²) in [5.41, 5.74) is 2.04. The van der Waals surface area contributed by atoms with Crippen LogP contribution in [0.1, 0.15) is 17.3 Å². The van der Waals surface area contributed by atoms with Crippen molar-refractivity contribution in [2.24, 2.45) is 7.05 Å². The first kappa shape index (κ1) is 12.9. The van der Waals surface area contributed by atoms with Gasteiger partial charge in [-0.3, -0.25) is 9.48 Å². The summed E-state index contributed by atoms with van der Waals surface area (Å²) >= 11 is 5.90. The second kappa shape index (κ2) is 4.45. The number of fused-ring (bicyclic) bond motifs is 1. The molecular weight excluding hydrogens is 280 g/mol. The zero-order chi connectivity index (χ0) is 14.4. The van der Waals surface area contributed by atoms with Crippen molar-refractivity contribution in [1.82, 2.24) is 19.7 Å². The first-order chi connectivity index (χ1) is 9.47. The zero-order valence-corrected chi connectivity index (χ0v) is 12.0. The number of rotatable bonds is 1. The summed E-state index contributed by atoms with van der Waals surface area (Å²) in [6.45, 7) is 1.78. The fourth-order valence-corrected chi connectivity index (χ4v) is 2.58. The van der Waals surface area contributed by atoms with Gasteiger partial charge in [0.2, 0.25) is 5.28 Å². The smallest absolute Gasteiger partial charge is 0.252 e. The molecule has 0 radical (unpaired) electrons. The number of carbonyl (C=O) groups excluding carboxylic acids is 1. The monoisotopic (exact) mass is 292 g/mol. The zero-order valence-electron chi connectivity index (χ0n) is 11.3. The van der Waals surface area contributed by atoms with Gasteiger partial charge in [0.15, 0.2) is 5.82 Å². The van der Waals surface area contributed by atoms with E-state index in [2.05, 4.69) is 20.4 Å². The maximum Gasteiger partial charge on any atom is 0.252 e. The van der Waals surface area contributed by atoms with Crippen LogP contribution in [0.2, 0.25) is 5.28 Å². The summed E-state index contributed by atoms with van der Waals surface area (Å²) in [5.74, 6) is 0.470. The molecule has 3 heterocycles. The van der Waals surface area contributed by atoms with Crippen molar-refractivity contribution in [1.29, 1.82) is 0 Å². The van der Waals surface area contributed by atoms with Gasteiger partial charge in [0.1, 0.15) is 11.7 Å². The van der Waals surface area contributed by atoms with Crippen LogP contribution >= 0.6 is 11.6 Å². The Hall–Kier alpha value is -2.15. The van der Waals surface area contributed by atoms with E-state index in [0.29, 0.717) is 17.2 Å². The third kappa shape index (κ3) is 1.90. The van der Waals surface area contributed by atoms with Crippen molar-refractivity contribution in [3.8, 4) is 0 Å². The molecule has 1 aliphatic rings. The lowest BCUT2D eigenvalue weighted by Crippen LogP contribution is -2.40. The van der Waals surface area contributed by atoms with Crippen molar-refractivity contribution in [2.45, 2.75) is 13.0 Å². The summed E-state index contributed by atoms with van der Waals surface area (Å²) in [6, 6.07) is -0.485. The minimum absolute atomic E-state index is 0.137. The van der Waals surface area contributed by atoms with E-state index in [0.717, 1.165) is 5.56 Å². The highest BCUT2D eigenvalue weighted by Crippen LogP contribution is 2.37. The highest BCUT2D eigenvalue weighted by molar-refractivity contribution is 6.28. The number of aryl methyl sites for hydroxylation is 2. The second-order valence-corrected chi connectivity index (χ2v) is 5.06. The number of aromatic nitrogens is 4. The second-order valence-electron chi connectivity index (χ2n) is 4.73. The Balaban J connectivity index is 2.10. The van der Waals surface area contributed by atoms with Crippen LogP contribution in [0.3, 0.4) is 0 Å². The Bertz CT molecular complexity index is 697. The molecule has 0 aliphatic carbocycles. The van der Waals surface area contributed by atoms with Gasteiger partial charge in [-0.2, -0.15) is 10.1 Å². The third-order valence-corrected chi connectivity index (χ3v) is 3.47. The summed E-state index contributed by atoms with van der Waals surface area (Å²) in [7, 11) is 3.61.